The standard InChI is InChI=1S/C16H17ClN2O5/c1-8-12(15(20)21)13(9-4-2-3-5-10(9)17)14(16(22)23)11(19-8)6-24-7-18/h2-5,13,19H,6-7,18H2,1H3,(H,20,21)(H,22,23). The SMILES string of the molecule is CC1=C(C(=O)O)C(c2ccccc2Cl)C(C(=O)O)=C(COCN)N1. The third kappa shape index (κ3) is 3.43. The summed E-state index contributed by atoms with van der Waals surface area (Å²) >= 11 is 6.19. The lowest BCUT2D eigenvalue weighted by molar-refractivity contribution is -0.133. The van der Waals surface area contributed by atoms with Gasteiger partial charge in [0, 0.05) is 10.7 Å². The Morgan fingerprint density at radius 1 is 1.25 bits per heavy atom. The fourth-order valence-electron chi connectivity index (χ4n) is 2.73. The Hall–Kier alpha value is -2.35. The first kappa shape index (κ1) is 18.0. The normalized spacial score (nSPS) is 17.7. The van der Waals surface area contributed by atoms with E-state index in [9.17, 15) is 19.8 Å². The number of allylic oxidation sites excluding steroid dienone is 1. The lowest BCUT2D eigenvalue weighted by Crippen LogP contribution is -2.34. The van der Waals surface area contributed by atoms with Crippen LogP contribution in [0.3, 0.4) is 0 Å². The number of benzene rings is 1. The maximum Gasteiger partial charge on any atom is 0.334 e. The minimum Gasteiger partial charge on any atom is -0.478 e. The van der Waals surface area contributed by atoms with Crippen molar-refractivity contribution in [1.82, 2.24) is 5.32 Å². The third-order valence-electron chi connectivity index (χ3n) is 3.69. The van der Waals surface area contributed by atoms with Gasteiger partial charge in [-0.1, -0.05) is 29.8 Å². The van der Waals surface area contributed by atoms with E-state index in [0.717, 1.165) is 0 Å². The average molecular weight is 353 g/mol. The molecule has 128 valence electrons. The first-order valence-corrected chi connectivity index (χ1v) is 7.45. The second-order valence-electron chi connectivity index (χ2n) is 5.14. The molecule has 0 aliphatic carbocycles. The molecule has 7 nitrogen and oxygen atoms in total. The van der Waals surface area contributed by atoms with Crippen molar-refractivity contribution in [3.63, 3.8) is 0 Å². The molecule has 1 heterocycles. The van der Waals surface area contributed by atoms with Gasteiger partial charge in [-0.2, -0.15) is 0 Å². The van der Waals surface area contributed by atoms with Gasteiger partial charge in [-0.25, -0.2) is 9.59 Å². The Bertz CT molecular complexity index is 742. The molecule has 1 unspecified atom stereocenters. The predicted octanol–water partition coefficient (Wildman–Crippen LogP) is 1.66. The zero-order chi connectivity index (χ0) is 17.9. The molecule has 8 heteroatoms. The number of nitrogens with one attached hydrogen (secondary N) is 1. The molecule has 2 rings (SSSR count). The zero-order valence-electron chi connectivity index (χ0n) is 12.9. The summed E-state index contributed by atoms with van der Waals surface area (Å²) < 4.78 is 5.10. The van der Waals surface area contributed by atoms with Gasteiger partial charge in [-0.3, -0.25) is 0 Å². The van der Waals surface area contributed by atoms with Crippen LogP contribution in [0.25, 0.3) is 0 Å². The minimum atomic E-state index is -1.26. The van der Waals surface area contributed by atoms with Gasteiger partial charge in [-0.05, 0) is 18.6 Å². The van der Waals surface area contributed by atoms with Gasteiger partial charge in [0.1, 0.15) is 0 Å². The van der Waals surface area contributed by atoms with Crippen molar-refractivity contribution >= 4 is 23.5 Å². The summed E-state index contributed by atoms with van der Waals surface area (Å²) in [4.78, 5) is 23.6. The monoisotopic (exact) mass is 352 g/mol. The molecule has 0 aromatic heterocycles. The second-order valence-corrected chi connectivity index (χ2v) is 5.54. The molecule has 24 heavy (non-hydrogen) atoms. The zero-order valence-corrected chi connectivity index (χ0v) is 13.6. The lowest BCUT2D eigenvalue weighted by atomic mass is 9.80. The van der Waals surface area contributed by atoms with Crippen LogP contribution in [0.4, 0.5) is 0 Å². The van der Waals surface area contributed by atoms with Crippen molar-refractivity contribution in [1.29, 1.82) is 0 Å². The van der Waals surface area contributed by atoms with Crippen LogP contribution in [0.15, 0.2) is 46.8 Å². The fraction of sp³-hybridized carbons (Fsp3) is 0.250. The van der Waals surface area contributed by atoms with E-state index >= 15 is 0 Å². The Labute approximate surface area is 143 Å². The van der Waals surface area contributed by atoms with E-state index in [1.54, 1.807) is 31.2 Å². The molecule has 0 saturated carbocycles. The topological polar surface area (TPSA) is 122 Å². The van der Waals surface area contributed by atoms with Crippen molar-refractivity contribution in [2.45, 2.75) is 12.8 Å². The van der Waals surface area contributed by atoms with E-state index in [0.29, 0.717) is 11.3 Å². The molecule has 0 fully saturated rings. The Morgan fingerprint density at radius 2 is 1.88 bits per heavy atom. The average Bonchev–Trinajstić information content (AvgIpc) is 2.51. The van der Waals surface area contributed by atoms with Crippen molar-refractivity contribution in [2.75, 3.05) is 13.3 Å². The number of carbonyl (C=O) groups is 2. The second kappa shape index (κ2) is 7.48. The number of hydrogen-bond donors (Lipinski definition) is 4. The number of ether oxygens (including phenoxy) is 1. The highest BCUT2D eigenvalue weighted by atomic mass is 35.5. The van der Waals surface area contributed by atoms with E-state index in [4.69, 9.17) is 22.1 Å². The quantitative estimate of drug-likeness (QED) is 0.574. The largest absolute Gasteiger partial charge is 0.478 e. The van der Waals surface area contributed by atoms with Crippen LogP contribution in [0.1, 0.15) is 18.4 Å². The number of halogens is 1. The van der Waals surface area contributed by atoms with Crippen molar-refractivity contribution in [2.24, 2.45) is 5.73 Å². The first-order valence-electron chi connectivity index (χ1n) is 7.08. The van der Waals surface area contributed by atoms with Gasteiger partial charge in [-0.15, -0.1) is 0 Å². The van der Waals surface area contributed by atoms with Crippen LogP contribution >= 0.6 is 11.6 Å². The van der Waals surface area contributed by atoms with Crippen molar-refractivity contribution in [3.05, 3.63) is 57.4 Å². The van der Waals surface area contributed by atoms with Crippen LogP contribution in [-0.4, -0.2) is 35.5 Å². The molecular weight excluding hydrogens is 336 g/mol. The Kier molecular flexibility index (Phi) is 5.61. The number of carboxylic acid groups (broad SMARTS) is 2. The van der Waals surface area contributed by atoms with Gasteiger partial charge in [0.2, 0.25) is 0 Å². The molecule has 1 aromatic rings. The molecule has 1 atom stereocenters. The van der Waals surface area contributed by atoms with E-state index in [-0.39, 0.29) is 35.2 Å². The number of nitrogens with two attached hydrogens (primary N) is 1. The maximum atomic E-state index is 11.9. The number of dihydropyridines is 1. The van der Waals surface area contributed by atoms with Gasteiger partial charge >= 0.3 is 11.9 Å². The lowest BCUT2D eigenvalue weighted by Gasteiger charge is -2.30. The van der Waals surface area contributed by atoms with Crippen LogP contribution < -0.4 is 11.1 Å². The summed E-state index contributed by atoms with van der Waals surface area (Å²) in [6, 6.07) is 6.56. The number of hydrogen-bond acceptors (Lipinski definition) is 5. The number of rotatable bonds is 6. The first-order chi connectivity index (χ1) is 11.4. The predicted molar refractivity (Wildman–Crippen MR) is 87.3 cm³/mol. The molecule has 0 amide bonds. The smallest absolute Gasteiger partial charge is 0.334 e. The van der Waals surface area contributed by atoms with Gasteiger partial charge < -0.3 is 26.0 Å². The van der Waals surface area contributed by atoms with E-state index in [1.165, 1.54) is 0 Å². The molecule has 1 aliphatic rings. The summed E-state index contributed by atoms with van der Waals surface area (Å²) in [5.74, 6) is -3.50. The molecule has 5 N–H and O–H groups in total. The Morgan fingerprint density at radius 3 is 2.42 bits per heavy atom. The molecule has 1 aliphatic heterocycles. The molecule has 0 radical (unpaired) electrons. The molecule has 0 spiro atoms. The minimum absolute atomic E-state index is 0.0722. The highest BCUT2D eigenvalue weighted by molar-refractivity contribution is 6.31. The number of aliphatic carboxylic acids is 2. The highest BCUT2D eigenvalue weighted by Gasteiger charge is 2.38. The highest BCUT2D eigenvalue weighted by Crippen LogP contribution is 2.40. The van der Waals surface area contributed by atoms with E-state index in [2.05, 4.69) is 5.32 Å². The molecular formula is C16H17ClN2O5. The summed E-state index contributed by atoms with van der Waals surface area (Å²) in [6.07, 6.45) is 0. The van der Waals surface area contributed by atoms with E-state index in [1.807, 2.05) is 0 Å². The fourth-order valence-corrected chi connectivity index (χ4v) is 2.97. The molecule has 1 aromatic carbocycles. The third-order valence-corrected chi connectivity index (χ3v) is 4.03. The summed E-state index contributed by atoms with van der Waals surface area (Å²) in [5, 5.41) is 22.4. The van der Waals surface area contributed by atoms with Gasteiger partial charge in [0.05, 0.1) is 36.1 Å². The van der Waals surface area contributed by atoms with Crippen LogP contribution in [0.5, 0.6) is 0 Å². The van der Waals surface area contributed by atoms with Crippen molar-refractivity contribution < 1.29 is 24.5 Å². The van der Waals surface area contributed by atoms with Gasteiger partial charge in [0.25, 0.3) is 0 Å². The summed E-state index contributed by atoms with van der Waals surface area (Å²) in [6.45, 7) is 1.39. The van der Waals surface area contributed by atoms with Crippen molar-refractivity contribution in [3.8, 4) is 0 Å². The maximum absolute atomic E-state index is 11.9. The van der Waals surface area contributed by atoms with Crippen LogP contribution in [0.2, 0.25) is 5.02 Å². The summed E-state index contributed by atoms with van der Waals surface area (Å²) in [5.41, 5.74) is 6.08. The van der Waals surface area contributed by atoms with Crippen LogP contribution in [0, 0.1) is 0 Å². The summed E-state index contributed by atoms with van der Waals surface area (Å²) in [7, 11) is 0. The number of carboxylic acids is 2. The van der Waals surface area contributed by atoms with E-state index < -0.39 is 17.9 Å². The molecule has 0 saturated heterocycles. The Balaban J connectivity index is 2.70. The van der Waals surface area contributed by atoms with Gasteiger partial charge in [0.15, 0.2) is 0 Å². The van der Waals surface area contributed by atoms with Crippen LogP contribution in [-0.2, 0) is 14.3 Å². The molecule has 0 bridgehead atoms.